The smallest absolute Gasteiger partial charge is 0.250 e. The van der Waals surface area contributed by atoms with Crippen molar-refractivity contribution in [3.8, 4) is 0 Å². The Balaban J connectivity index is 1.43. The lowest BCUT2D eigenvalue weighted by atomic mass is 10.0. The van der Waals surface area contributed by atoms with E-state index >= 15 is 0 Å². The van der Waals surface area contributed by atoms with Gasteiger partial charge in [0.05, 0.1) is 12.0 Å². The Labute approximate surface area is 164 Å². The highest BCUT2D eigenvalue weighted by Crippen LogP contribution is 2.19. The third-order valence-electron chi connectivity index (χ3n) is 4.32. The summed E-state index contributed by atoms with van der Waals surface area (Å²) in [6, 6.07) is 22.9. The van der Waals surface area contributed by atoms with Crippen LogP contribution < -0.4 is 5.43 Å². The van der Waals surface area contributed by atoms with Crippen LogP contribution in [0.4, 0.5) is 0 Å². The van der Waals surface area contributed by atoms with Gasteiger partial charge in [0.25, 0.3) is 0 Å². The summed E-state index contributed by atoms with van der Waals surface area (Å²) in [5.41, 5.74) is 6.08. The molecule has 0 fully saturated rings. The molecule has 0 atom stereocenters. The molecule has 3 aromatic carbocycles. The Bertz CT molecular complexity index is 933. The van der Waals surface area contributed by atoms with E-state index in [-0.39, 0.29) is 5.91 Å². The first-order valence-electron chi connectivity index (χ1n) is 9.09. The van der Waals surface area contributed by atoms with Gasteiger partial charge in [-0.1, -0.05) is 80.6 Å². The van der Waals surface area contributed by atoms with Crippen LogP contribution in [0, 0.1) is 0 Å². The fourth-order valence-electron chi connectivity index (χ4n) is 2.77. The molecule has 1 N–H and O–H groups in total. The van der Waals surface area contributed by atoms with Gasteiger partial charge >= 0.3 is 0 Å². The van der Waals surface area contributed by atoms with E-state index in [2.05, 4.69) is 66.8 Å². The minimum absolute atomic E-state index is 0.0872. The van der Waals surface area contributed by atoms with Gasteiger partial charge in [-0.3, -0.25) is 4.79 Å². The highest BCUT2D eigenvalue weighted by atomic mass is 32.2. The van der Waals surface area contributed by atoms with Crippen LogP contribution >= 0.6 is 11.8 Å². The van der Waals surface area contributed by atoms with Crippen molar-refractivity contribution in [1.82, 2.24) is 5.43 Å². The summed E-state index contributed by atoms with van der Waals surface area (Å²) < 4.78 is 0. The number of carbonyl (C=O) groups is 1. The molecule has 0 aromatic heterocycles. The van der Waals surface area contributed by atoms with Crippen molar-refractivity contribution in [2.24, 2.45) is 5.10 Å². The third kappa shape index (κ3) is 5.69. The normalized spacial score (nSPS) is 11.4. The van der Waals surface area contributed by atoms with Gasteiger partial charge in [0.1, 0.15) is 0 Å². The number of carbonyl (C=O) groups excluding carboxylic acids is 1. The number of hydrogen-bond acceptors (Lipinski definition) is 3. The zero-order chi connectivity index (χ0) is 19.1. The van der Waals surface area contributed by atoms with Gasteiger partial charge in [-0.05, 0) is 33.4 Å². The van der Waals surface area contributed by atoms with Crippen molar-refractivity contribution in [1.29, 1.82) is 0 Å². The van der Waals surface area contributed by atoms with Crippen LogP contribution in [-0.2, 0) is 10.5 Å². The average Bonchev–Trinajstić information content (AvgIpc) is 2.68. The number of nitrogens with zero attached hydrogens (tertiary/aromatic N) is 1. The second-order valence-corrected chi connectivity index (χ2v) is 7.77. The van der Waals surface area contributed by atoms with Gasteiger partial charge in [0, 0.05) is 5.75 Å². The molecule has 0 saturated heterocycles. The molecule has 0 aliphatic rings. The van der Waals surface area contributed by atoms with E-state index in [4.69, 9.17) is 0 Å². The first kappa shape index (κ1) is 19.2. The van der Waals surface area contributed by atoms with Gasteiger partial charge in [-0.15, -0.1) is 11.8 Å². The first-order valence-corrected chi connectivity index (χ1v) is 10.2. The second-order valence-electron chi connectivity index (χ2n) is 6.79. The van der Waals surface area contributed by atoms with Crippen molar-refractivity contribution in [2.75, 3.05) is 5.75 Å². The minimum atomic E-state index is -0.0872. The number of hydrogen-bond donors (Lipinski definition) is 1. The topological polar surface area (TPSA) is 41.5 Å². The third-order valence-corrected chi connectivity index (χ3v) is 5.33. The molecule has 0 bridgehead atoms. The molecule has 0 heterocycles. The molecule has 0 spiro atoms. The molecule has 0 radical (unpaired) electrons. The maximum atomic E-state index is 11.9. The predicted molar refractivity (Wildman–Crippen MR) is 116 cm³/mol. The highest BCUT2D eigenvalue weighted by molar-refractivity contribution is 7.99. The first-order chi connectivity index (χ1) is 13.1. The fourth-order valence-corrected chi connectivity index (χ4v) is 3.54. The van der Waals surface area contributed by atoms with E-state index in [1.54, 1.807) is 18.0 Å². The van der Waals surface area contributed by atoms with Gasteiger partial charge in [-0.25, -0.2) is 5.43 Å². The highest BCUT2D eigenvalue weighted by Gasteiger charge is 2.02. The molecule has 4 heteroatoms. The van der Waals surface area contributed by atoms with Crippen LogP contribution in [0.5, 0.6) is 0 Å². The van der Waals surface area contributed by atoms with Crippen molar-refractivity contribution < 1.29 is 4.79 Å². The standard InChI is InChI=1S/C23H24N2OS/c1-17(2)20-10-7-18(8-11-20)14-24-25-23(26)16-27-15-19-9-12-21-5-3-4-6-22(21)13-19/h3-14,17H,15-16H2,1-2H3,(H,25,26)/b24-14-. The lowest BCUT2D eigenvalue weighted by Crippen LogP contribution is -2.19. The maximum Gasteiger partial charge on any atom is 0.250 e. The Hall–Kier alpha value is -2.59. The summed E-state index contributed by atoms with van der Waals surface area (Å²) in [7, 11) is 0. The van der Waals surface area contributed by atoms with Crippen molar-refractivity contribution in [3.05, 3.63) is 83.4 Å². The van der Waals surface area contributed by atoms with Gasteiger partial charge in [-0.2, -0.15) is 5.10 Å². The second kappa shape index (κ2) is 9.38. The van der Waals surface area contributed by atoms with Crippen LogP contribution in [0.1, 0.15) is 36.5 Å². The maximum absolute atomic E-state index is 11.9. The Morgan fingerprint density at radius 3 is 2.52 bits per heavy atom. The van der Waals surface area contributed by atoms with Gasteiger partial charge in [0.2, 0.25) is 5.91 Å². The molecule has 0 unspecified atom stereocenters. The van der Waals surface area contributed by atoms with Crippen LogP contribution in [0.25, 0.3) is 10.8 Å². The summed E-state index contributed by atoms with van der Waals surface area (Å²) in [4.78, 5) is 11.9. The van der Waals surface area contributed by atoms with Crippen LogP contribution in [0.3, 0.4) is 0 Å². The molecule has 138 valence electrons. The molecule has 0 saturated carbocycles. The van der Waals surface area contributed by atoms with E-state index < -0.39 is 0 Å². The number of rotatable bonds is 7. The Morgan fingerprint density at radius 1 is 1.04 bits per heavy atom. The van der Waals surface area contributed by atoms with Gasteiger partial charge in [0.15, 0.2) is 0 Å². The zero-order valence-corrected chi connectivity index (χ0v) is 16.5. The van der Waals surface area contributed by atoms with Gasteiger partial charge < -0.3 is 0 Å². The SMILES string of the molecule is CC(C)c1ccc(/C=N\NC(=O)CSCc2ccc3ccccc3c2)cc1. The molecule has 3 nitrogen and oxygen atoms in total. The minimum Gasteiger partial charge on any atom is -0.272 e. The van der Waals surface area contributed by atoms with Crippen molar-refractivity contribution >= 4 is 34.7 Å². The molecule has 0 aliphatic carbocycles. The summed E-state index contributed by atoms with van der Waals surface area (Å²) >= 11 is 1.59. The summed E-state index contributed by atoms with van der Waals surface area (Å²) in [6.07, 6.45) is 1.68. The molecule has 1 amide bonds. The summed E-state index contributed by atoms with van der Waals surface area (Å²) in [6.45, 7) is 4.33. The fraction of sp³-hybridized carbons (Fsp3) is 0.217. The number of benzene rings is 3. The monoisotopic (exact) mass is 376 g/mol. The van der Waals surface area contributed by atoms with E-state index in [1.807, 2.05) is 24.3 Å². The number of fused-ring (bicyclic) bond motifs is 1. The Morgan fingerprint density at radius 2 is 1.78 bits per heavy atom. The van der Waals surface area contributed by atoms with Crippen molar-refractivity contribution in [3.63, 3.8) is 0 Å². The zero-order valence-electron chi connectivity index (χ0n) is 15.7. The van der Waals surface area contributed by atoms with Crippen LogP contribution in [0.15, 0.2) is 71.8 Å². The molecular weight excluding hydrogens is 352 g/mol. The average molecular weight is 377 g/mol. The summed E-state index contributed by atoms with van der Waals surface area (Å²) in [5.74, 6) is 1.61. The Kier molecular flexibility index (Phi) is 6.66. The number of thioether (sulfide) groups is 1. The quantitative estimate of drug-likeness (QED) is 0.446. The number of hydrazone groups is 1. The molecular formula is C23H24N2OS. The largest absolute Gasteiger partial charge is 0.272 e. The van der Waals surface area contributed by atoms with Crippen molar-refractivity contribution in [2.45, 2.75) is 25.5 Å². The lowest BCUT2D eigenvalue weighted by Gasteiger charge is -2.05. The molecule has 3 aromatic rings. The van der Waals surface area contributed by atoms with E-state index in [1.165, 1.54) is 21.9 Å². The number of nitrogens with one attached hydrogen (secondary N) is 1. The summed E-state index contributed by atoms with van der Waals surface area (Å²) in [5, 5.41) is 6.51. The molecule has 0 aliphatic heterocycles. The van der Waals surface area contributed by atoms with Crippen LogP contribution in [-0.4, -0.2) is 17.9 Å². The van der Waals surface area contributed by atoms with E-state index in [0.717, 1.165) is 11.3 Å². The number of amides is 1. The van der Waals surface area contributed by atoms with E-state index in [9.17, 15) is 4.79 Å². The van der Waals surface area contributed by atoms with Crippen LogP contribution in [0.2, 0.25) is 0 Å². The lowest BCUT2D eigenvalue weighted by molar-refractivity contribution is -0.118. The van der Waals surface area contributed by atoms with E-state index in [0.29, 0.717) is 11.7 Å². The predicted octanol–water partition coefficient (Wildman–Crippen LogP) is 5.35. The molecule has 27 heavy (non-hydrogen) atoms. The molecule has 3 rings (SSSR count).